The van der Waals surface area contributed by atoms with Gasteiger partial charge < -0.3 is 55.3 Å². The lowest BCUT2D eigenvalue weighted by atomic mass is 9.72. The number of carbonyl (C=O) groups excluding carboxylic acids is 1. The molecule has 0 saturated carbocycles. The van der Waals surface area contributed by atoms with Crippen LogP contribution in [0.1, 0.15) is 205 Å². The van der Waals surface area contributed by atoms with Crippen LogP contribution in [-0.4, -0.2) is 167 Å². The van der Waals surface area contributed by atoms with Crippen molar-refractivity contribution in [2.45, 2.75) is 388 Å². The maximum absolute atomic E-state index is 17.1. The van der Waals surface area contributed by atoms with E-state index in [4.69, 9.17) is 55.3 Å². The first kappa shape index (κ1) is 88.4. The van der Waals surface area contributed by atoms with Gasteiger partial charge in [0.25, 0.3) is 0 Å². The van der Waals surface area contributed by atoms with Crippen molar-refractivity contribution in [3.63, 3.8) is 0 Å². The van der Waals surface area contributed by atoms with Gasteiger partial charge in [-0.25, -0.2) is 8.42 Å². The zero-order valence-corrected chi connectivity index (χ0v) is 76.5. The van der Waals surface area contributed by atoms with Crippen LogP contribution in [0.5, 0.6) is 0 Å². The van der Waals surface area contributed by atoms with E-state index in [0.29, 0.717) is 70.3 Å². The lowest BCUT2D eigenvalue weighted by molar-refractivity contribution is -0.268. The van der Waals surface area contributed by atoms with E-state index >= 15 is 4.79 Å². The predicted molar refractivity (Wildman–Crippen MR) is 437 cm³/mol. The highest BCUT2D eigenvalue weighted by molar-refractivity contribution is 14.1. The minimum absolute atomic E-state index is 0.0185. The summed E-state index contributed by atoms with van der Waals surface area (Å²) in [4.78, 5) is 17.2. The van der Waals surface area contributed by atoms with E-state index in [2.05, 4.69) is 232 Å². The summed E-state index contributed by atoms with van der Waals surface area (Å²) in [6, 6.07) is 5.32. The van der Waals surface area contributed by atoms with Gasteiger partial charge in [-0.3, -0.25) is 4.79 Å². The molecule has 0 aromatic heterocycles. The minimum atomic E-state index is -3.02. The SMILES string of the molecule is C=C1C[C@H](CC[C@@H]2O[C@@H](CCC3OCCO3)CC2=C)O[C@H](C[C@@H]2O[C@H](CC(CO[Si](C)(C)C(C)(C)C)O[Si](C)(C)C(C)(C)C)C[C@H]2[C@@H](C)C(=O)C(c2cc([SH](=O)=O)ccc2CC)[C@H]2CC[C@@H]3OC([C@H](/C=C/I)O[Si](C)(C)C(C)(C)C)C(O[Si](C)(C)C(C)(C)C)C(O[Si](C)(C)C(C)(C)C)C3O2)C1=C. The quantitative estimate of drug-likeness (QED) is 0.0335. The standard InChI is InChI=1S/C80H141IO15SSi5/c1-31-55-32-35-60(97(83)84)48-62(55)70(64-37-38-65-72(91-64)74(95-101(27,28)79(15,16)17)75(96-102(29,30)80(18,19)20)73(92-65)66(40-41-81)94-100(25,26)78(12,13)14)71(82)54(5)61-47-58(46-59(93-99(23,24)77(9,10)11)50-87-98(21,22)76(6,7)8)90-68(61)49-67-53(4)51(2)44-56(89-67)33-36-63-52(3)45-57(88-63)34-39-69-85-42-43-86-69/h32,35,40-41,48,54,56-59,61,63-70,72-75,97H,2-4,31,33-34,36-39,42-47,49-50H2,1,5-30H3/b41-40+/t54-,56+,57+,58-,59?,61+,63+,64-,65+,66+,67-,68+,70?,72?,73?,74?,75?/m1/s1. The Morgan fingerprint density at radius 3 is 1.76 bits per heavy atom. The van der Waals surface area contributed by atoms with Crippen LogP contribution in [0.25, 0.3) is 0 Å². The average Bonchev–Trinajstić information content (AvgIpc) is 0.910. The van der Waals surface area contributed by atoms with E-state index in [9.17, 15) is 8.42 Å². The molecule has 0 bridgehead atoms. The number of carbonyl (C=O) groups is 1. The fourth-order valence-electron chi connectivity index (χ4n) is 14.3. The lowest BCUT2D eigenvalue weighted by Crippen LogP contribution is -2.69. The summed E-state index contributed by atoms with van der Waals surface area (Å²) >= 11 is 2.31. The third-order valence-corrected chi connectivity index (χ3v) is 49.6. The van der Waals surface area contributed by atoms with Crippen molar-refractivity contribution in [3.05, 3.63) is 75.9 Å². The molecule has 6 aliphatic heterocycles. The fourth-order valence-corrected chi connectivity index (χ4v) is 21.4. The maximum atomic E-state index is 17.1. The molecule has 0 aliphatic carbocycles. The Hall–Kier alpha value is -0.866. The van der Waals surface area contributed by atoms with Crippen molar-refractivity contribution in [1.82, 2.24) is 0 Å². The Bertz CT molecular complexity index is 3120. The van der Waals surface area contributed by atoms with Crippen molar-refractivity contribution in [2.75, 3.05) is 19.8 Å². The van der Waals surface area contributed by atoms with Gasteiger partial charge >= 0.3 is 0 Å². The molecule has 0 N–H and O–H groups in total. The number of fused-ring (bicyclic) bond motifs is 1. The molecule has 6 fully saturated rings. The number of ether oxygens (including phenoxy) is 7. The van der Waals surface area contributed by atoms with Gasteiger partial charge in [-0.15, -0.1) is 0 Å². The fraction of sp³-hybridized carbons (Fsp3) is 0.812. The number of halogens is 1. The van der Waals surface area contributed by atoms with Crippen molar-refractivity contribution in [3.8, 4) is 0 Å². The van der Waals surface area contributed by atoms with Crippen molar-refractivity contribution >= 4 is 80.7 Å². The van der Waals surface area contributed by atoms with Crippen molar-refractivity contribution in [2.24, 2.45) is 11.8 Å². The van der Waals surface area contributed by atoms with Crippen LogP contribution in [0.3, 0.4) is 0 Å². The molecule has 6 aliphatic rings. The van der Waals surface area contributed by atoms with Gasteiger partial charge in [0, 0.05) is 25.2 Å². The number of aryl methyl sites for hydroxylation is 1. The molecule has 6 heterocycles. The first-order chi connectivity index (χ1) is 46.7. The minimum Gasteiger partial charge on any atom is -0.414 e. The number of benzene rings is 1. The van der Waals surface area contributed by atoms with Crippen LogP contribution in [0.2, 0.25) is 90.7 Å². The molecule has 102 heavy (non-hydrogen) atoms. The third kappa shape index (κ3) is 21.6. The van der Waals surface area contributed by atoms with Gasteiger partial charge in [0.1, 0.15) is 30.2 Å². The summed E-state index contributed by atoms with van der Waals surface area (Å²) in [5, 5.41) is -0.575. The summed E-state index contributed by atoms with van der Waals surface area (Å²) in [7, 11) is -15.4. The molecular weight excluding hydrogens is 1500 g/mol. The second kappa shape index (κ2) is 34.4. The topological polar surface area (TPSA) is 162 Å². The monoisotopic (exact) mass is 1640 g/mol. The zero-order valence-electron chi connectivity index (χ0n) is 68.5. The smallest absolute Gasteiger partial charge is 0.193 e. The first-order valence-electron chi connectivity index (χ1n) is 38.7. The maximum Gasteiger partial charge on any atom is 0.193 e. The summed E-state index contributed by atoms with van der Waals surface area (Å²) < 4.78 is 115. The summed E-state index contributed by atoms with van der Waals surface area (Å²) in [6.45, 7) is 76.7. The molecule has 1 aromatic rings. The Morgan fingerprint density at radius 2 is 1.21 bits per heavy atom. The molecule has 15 nitrogen and oxygen atoms in total. The number of hydrogen-bond donors (Lipinski definition) is 1. The molecule has 0 spiro atoms. The molecular formula is C80H141IO15SSi5. The molecule has 7 rings (SSSR count). The molecule has 0 amide bonds. The molecule has 6 unspecified atom stereocenters. The highest BCUT2D eigenvalue weighted by Crippen LogP contribution is 2.51. The van der Waals surface area contributed by atoms with Gasteiger partial charge in [-0.05, 0) is 205 Å². The zero-order chi connectivity index (χ0) is 76.6. The van der Waals surface area contributed by atoms with Gasteiger partial charge in [0.2, 0.25) is 0 Å². The molecule has 584 valence electrons. The van der Waals surface area contributed by atoms with E-state index < -0.39 is 119 Å². The van der Waals surface area contributed by atoms with E-state index in [1.54, 1.807) is 12.1 Å². The summed E-state index contributed by atoms with van der Waals surface area (Å²) in [5.74, 6) is -1.83. The number of thiol groups is 1. The van der Waals surface area contributed by atoms with E-state index in [-0.39, 0.29) is 78.6 Å². The molecule has 6 saturated heterocycles. The van der Waals surface area contributed by atoms with Crippen molar-refractivity contribution in [1.29, 1.82) is 0 Å². The largest absolute Gasteiger partial charge is 0.414 e. The molecule has 1 aromatic carbocycles. The highest BCUT2D eigenvalue weighted by Gasteiger charge is 2.60. The Balaban J connectivity index is 1.32. The third-order valence-electron chi connectivity index (χ3n) is 26.1. The van der Waals surface area contributed by atoms with Gasteiger partial charge in [0.05, 0.1) is 91.7 Å². The van der Waals surface area contributed by atoms with Crippen LogP contribution < -0.4 is 0 Å². The summed E-state index contributed by atoms with van der Waals surface area (Å²) in [5.41, 5.74) is 4.49. The second-order valence-corrected chi connectivity index (χ2v) is 64.2. The van der Waals surface area contributed by atoms with Crippen LogP contribution >= 0.6 is 22.6 Å². The Kier molecular flexibility index (Phi) is 29.8. The van der Waals surface area contributed by atoms with Crippen molar-refractivity contribution < 1.29 is 68.5 Å². The van der Waals surface area contributed by atoms with Gasteiger partial charge in [-0.2, -0.15) is 0 Å². The molecule has 22 heteroatoms. The Morgan fingerprint density at radius 1 is 0.657 bits per heavy atom. The molecule has 17 atom stereocenters. The van der Waals surface area contributed by atoms with Crippen LogP contribution in [0, 0.1) is 11.8 Å². The van der Waals surface area contributed by atoms with E-state index in [1.807, 2.05) is 10.1 Å². The van der Waals surface area contributed by atoms with Crippen LogP contribution in [0.4, 0.5) is 0 Å². The first-order valence-corrected chi connectivity index (χ1v) is 55.7. The number of ketones is 1. The average molecular weight is 1640 g/mol. The molecule has 0 radical (unpaired) electrons. The number of Topliss-reactive ketones (excluding diaryl/α,β-unsaturated/α-hetero) is 1. The van der Waals surface area contributed by atoms with Crippen LogP contribution in [0.15, 0.2) is 69.7 Å². The van der Waals surface area contributed by atoms with Crippen LogP contribution in [-0.2, 0) is 77.2 Å². The Labute approximate surface area is 640 Å². The predicted octanol–water partition coefficient (Wildman–Crippen LogP) is 19.8. The highest BCUT2D eigenvalue weighted by atomic mass is 127. The summed E-state index contributed by atoms with van der Waals surface area (Å²) in [6.07, 6.45) is 4.04. The number of hydrogen-bond acceptors (Lipinski definition) is 15. The van der Waals surface area contributed by atoms with E-state index in [0.717, 1.165) is 54.4 Å². The number of rotatable bonds is 30. The second-order valence-electron chi connectivity index (χ2n) is 38.6. The van der Waals surface area contributed by atoms with Gasteiger partial charge in [0.15, 0.2) is 58.6 Å². The normalized spacial score (nSPS) is 29.5. The lowest BCUT2D eigenvalue weighted by Gasteiger charge is -2.56. The van der Waals surface area contributed by atoms with E-state index in [1.165, 1.54) is 0 Å². The van der Waals surface area contributed by atoms with Gasteiger partial charge in [-0.1, -0.05) is 166 Å².